The highest BCUT2D eigenvalue weighted by Crippen LogP contribution is 2.31. The van der Waals surface area contributed by atoms with Gasteiger partial charge < -0.3 is 15.5 Å². The van der Waals surface area contributed by atoms with Gasteiger partial charge in [0.2, 0.25) is 6.41 Å². The average molecular weight is 549 g/mol. The summed E-state index contributed by atoms with van der Waals surface area (Å²) in [4.78, 5) is 28.1. The Labute approximate surface area is 232 Å². The molecule has 202 valence electrons. The molecule has 3 amide bonds. The van der Waals surface area contributed by atoms with Crippen LogP contribution in [0.1, 0.15) is 48.4 Å². The summed E-state index contributed by atoms with van der Waals surface area (Å²) >= 11 is 5.69. The highest BCUT2D eigenvalue weighted by molar-refractivity contribution is 6.30. The van der Waals surface area contributed by atoms with E-state index in [0.717, 1.165) is 43.6 Å². The summed E-state index contributed by atoms with van der Waals surface area (Å²) in [6.45, 7) is 2.54. The molecular formula is C29H30ClFN6O2. The number of urea groups is 1. The van der Waals surface area contributed by atoms with Crippen LogP contribution in [0.2, 0.25) is 5.02 Å². The van der Waals surface area contributed by atoms with E-state index in [1.807, 2.05) is 18.2 Å². The van der Waals surface area contributed by atoms with Crippen molar-refractivity contribution < 1.29 is 14.0 Å². The van der Waals surface area contributed by atoms with Gasteiger partial charge in [0, 0.05) is 19.3 Å². The largest absolute Gasteiger partial charge is 0.326 e. The summed E-state index contributed by atoms with van der Waals surface area (Å²) in [6, 6.07) is 17.4. The van der Waals surface area contributed by atoms with Crippen LogP contribution in [-0.2, 0) is 4.79 Å². The third-order valence-electron chi connectivity index (χ3n) is 6.55. The van der Waals surface area contributed by atoms with Gasteiger partial charge in [-0.2, -0.15) is 5.26 Å². The van der Waals surface area contributed by atoms with E-state index in [9.17, 15) is 14.0 Å². The highest BCUT2D eigenvalue weighted by Gasteiger charge is 2.24. The van der Waals surface area contributed by atoms with Crippen molar-refractivity contribution in [2.75, 3.05) is 30.3 Å². The maximum atomic E-state index is 13.8. The molecule has 8 nitrogen and oxygen atoms in total. The molecule has 3 N–H and O–H groups in total. The van der Waals surface area contributed by atoms with Gasteiger partial charge in [-0.05, 0) is 85.7 Å². The summed E-state index contributed by atoms with van der Waals surface area (Å²) in [6.07, 6.45) is 6.59. The van der Waals surface area contributed by atoms with Gasteiger partial charge in [0.15, 0.2) is 0 Å². The van der Waals surface area contributed by atoms with Crippen molar-refractivity contribution >= 4 is 35.5 Å². The van der Waals surface area contributed by atoms with Crippen LogP contribution in [0, 0.1) is 23.1 Å². The Hall–Kier alpha value is -4.00. The number of amides is 3. The van der Waals surface area contributed by atoms with Crippen LogP contribution in [0.4, 0.5) is 20.7 Å². The number of benzene rings is 2. The zero-order valence-corrected chi connectivity index (χ0v) is 22.1. The van der Waals surface area contributed by atoms with Gasteiger partial charge in [0.05, 0.1) is 28.4 Å². The number of hydrogen-bond acceptors (Lipinski definition) is 5. The Morgan fingerprint density at radius 1 is 1.15 bits per heavy atom. The summed E-state index contributed by atoms with van der Waals surface area (Å²) in [5.41, 5.74) is 2.52. The van der Waals surface area contributed by atoms with Crippen molar-refractivity contribution in [3.63, 3.8) is 0 Å². The molecule has 3 aromatic rings. The summed E-state index contributed by atoms with van der Waals surface area (Å²) < 4.78 is 13.8. The van der Waals surface area contributed by atoms with E-state index in [0.29, 0.717) is 28.7 Å². The Kier molecular flexibility index (Phi) is 9.84. The first-order valence-corrected chi connectivity index (χ1v) is 13.2. The number of carbonyl (C=O) groups excluding carboxylic acids is 2. The molecular weight excluding hydrogens is 519 g/mol. The van der Waals surface area contributed by atoms with E-state index in [1.165, 1.54) is 25.1 Å². The molecule has 1 aliphatic heterocycles. The zero-order chi connectivity index (χ0) is 27.6. The molecule has 2 heterocycles. The number of anilines is 2. The van der Waals surface area contributed by atoms with Gasteiger partial charge in [0.1, 0.15) is 11.6 Å². The Bertz CT molecular complexity index is 1320. The van der Waals surface area contributed by atoms with Gasteiger partial charge >= 0.3 is 6.03 Å². The number of aromatic nitrogens is 1. The normalized spacial score (nSPS) is 14.9. The SMILES string of the molecule is N#Cc1cccc(C(NCC2CC2)c2ccc(F)c(NC=O)c2)c1.O=C(Nc1ccc(Cl)cn1)N1CCCC1. The zero-order valence-electron chi connectivity index (χ0n) is 21.4. The molecule has 1 saturated heterocycles. The minimum Gasteiger partial charge on any atom is -0.326 e. The van der Waals surface area contributed by atoms with E-state index in [1.54, 1.807) is 35.2 Å². The van der Waals surface area contributed by atoms with E-state index in [2.05, 4.69) is 27.0 Å². The molecule has 39 heavy (non-hydrogen) atoms. The maximum absolute atomic E-state index is 13.8. The van der Waals surface area contributed by atoms with E-state index in [4.69, 9.17) is 16.9 Å². The molecule has 10 heteroatoms. The Balaban J connectivity index is 0.000000202. The quantitative estimate of drug-likeness (QED) is 0.312. The minimum absolute atomic E-state index is 0.0812. The molecule has 1 aliphatic carbocycles. The molecule has 0 bridgehead atoms. The molecule has 1 unspecified atom stereocenters. The third kappa shape index (κ3) is 8.24. The van der Waals surface area contributed by atoms with Crippen molar-refractivity contribution in [2.45, 2.75) is 31.7 Å². The summed E-state index contributed by atoms with van der Waals surface area (Å²) in [5.74, 6) is 0.744. The smallest absolute Gasteiger partial charge is 0.323 e. The minimum atomic E-state index is -0.474. The first-order valence-electron chi connectivity index (χ1n) is 12.9. The third-order valence-corrected chi connectivity index (χ3v) is 6.77. The second-order valence-electron chi connectivity index (χ2n) is 9.51. The first kappa shape index (κ1) is 28.0. The van der Waals surface area contributed by atoms with Gasteiger partial charge in [-0.25, -0.2) is 14.2 Å². The maximum Gasteiger partial charge on any atom is 0.323 e. The Morgan fingerprint density at radius 2 is 1.92 bits per heavy atom. The molecule has 2 aliphatic rings. The number of pyridine rings is 1. The van der Waals surface area contributed by atoms with Crippen LogP contribution in [0.3, 0.4) is 0 Å². The van der Waals surface area contributed by atoms with Crippen LogP contribution in [-0.4, -0.2) is 42.0 Å². The Morgan fingerprint density at radius 3 is 2.59 bits per heavy atom. The van der Waals surface area contributed by atoms with Gasteiger partial charge in [-0.3, -0.25) is 10.1 Å². The molecule has 1 atom stereocenters. The van der Waals surface area contributed by atoms with Crippen molar-refractivity contribution in [1.29, 1.82) is 5.26 Å². The van der Waals surface area contributed by atoms with Gasteiger partial charge in [-0.15, -0.1) is 0 Å². The number of carbonyl (C=O) groups is 2. The number of likely N-dealkylation sites (tertiary alicyclic amines) is 1. The lowest BCUT2D eigenvalue weighted by Crippen LogP contribution is -2.32. The number of rotatable bonds is 8. The topological polar surface area (TPSA) is 110 Å². The highest BCUT2D eigenvalue weighted by atomic mass is 35.5. The number of halogens is 2. The monoisotopic (exact) mass is 548 g/mol. The van der Waals surface area contributed by atoms with E-state index < -0.39 is 5.82 Å². The van der Waals surface area contributed by atoms with Crippen LogP contribution < -0.4 is 16.0 Å². The van der Waals surface area contributed by atoms with Crippen LogP contribution >= 0.6 is 11.6 Å². The summed E-state index contributed by atoms with van der Waals surface area (Å²) in [5, 5.41) is 18.3. The van der Waals surface area contributed by atoms with Crippen molar-refractivity contribution in [2.24, 2.45) is 5.92 Å². The summed E-state index contributed by atoms with van der Waals surface area (Å²) in [7, 11) is 0. The van der Waals surface area contributed by atoms with Gasteiger partial charge in [-0.1, -0.05) is 29.8 Å². The number of nitriles is 1. The molecule has 1 aromatic heterocycles. The molecule has 1 saturated carbocycles. The van der Waals surface area contributed by atoms with E-state index >= 15 is 0 Å². The average Bonchev–Trinajstić information content (AvgIpc) is 3.61. The molecule has 5 rings (SSSR count). The van der Waals surface area contributed by atoms with Crippen molar-refractivity contribution in [3.05, 3.63) is 88.3 Å². The van der Waals surface area contributed by atoms with Gasteiger partial charge in [0.25, 0.3) is 0 Å². The fourth-order valence-corrected chi connectivity index (χ4v) is 4.39. The lowest BCUT2D eigenvalue weighted by Gasteiger charge is -2.21. The van der Waals surface area contributed by atoms with Crippen LogP contribution in [0.25, 0.3) is 0 Å². The van der Waals surface area contributed by atoms with Crippen molar-refractivity contribution in [1.82, 2.24) is 15.2 Å². The van der Waals surface area contributed by atoms with Crippen LogP contribution in [0.15, 0.2) is 60.8 Å². The second kappa shape index (κ2) is 13.7. The standard InChI is InChI=1S/C19H18FN3O.C10H12ClN3O/c20-17-7-6-16(9-18(17)23-12-24)19(22-11-13-4-5-13)15-3-1-2-14(8-15)10-21;11-8-3-4-9(12-7-8)13-10(15)14-5-1-2-6-14/h1-3,6-9,12-13,19,22H,4-5,11H2,(H,23,24);3-4,7H,1-2,5-6H2,(H,12,13,15). The van der Waals surface area contributed by atoms with Crippen molar-refractivity contribution in [3.8, 4) is 6.07 Å². The lowest BCUT2D eigenvalue weighted by atomic mass is 9.96. The predicted octanol–water partition coefficient (Wildman–Crippen LogP) is 5.72. The number of hydrogen-bond donors (Lipinski definition) is 3. The molecule has 0 spiro atoms. The van der Waals surface area contributed by atoms with E-state index in [-0.39, 0.29) is 17.8 Å². The fourth-order valence-electron chi connectivity index (χ4n) is 4.28. The fraction of sp³-hybridized carbons (Fsp3) is 0.310. The number of nitrogens with one attached hydrogen (secondary N) is 3. The molecule has 2 fully saturated rings. The molecule has 2 aromatic carbocycles. The first-order chi connectivity index (χ1) is 19.0. The number of nitrogens with zero attached hydrogens (tertiary/aromatic N) is 3. The second-order valence-corrected chi connectivity index (χ2v) is 9.95. The lowest BCUT2D eigenvalue weighted by molar-refractivity contribution is -0.105. The molecule has 0 radical (unpaired) electrons. The van der Waals surface area contributed by atoms with Crippen LogP contribution in [0.5, 0.6) is 0 Å². The predicted molar refractivity (Wildman–Crippen MR) is 149 cm³/mol.